The van der Waals surface area contributed by atoms with E-state index in [-0.39, 0.29) is 5.69 Å². The van der Waals surface area contributed by atoms with Crippen molar-refractivity contribution in [1.29, 1.82) is 0 Å². The summed E-state index contributed by atoms with van der Waals surface area (Å²) < 4.78 is 6.73. The summed E-state index contributed by atoms with van der Waals surface area (Å²) in [4.78, 5) is 31.4. The van der Waals surface area contributed by atoms with Crippen LogP contribution in [0.4, 0.5) is 0 Å². The summed E-state index contributed by atoms with van der Waals surface area (Å²) in [5.74, 6) is -1.54. The van der Waals surface area contributed by atoms with Gasteiger partial charge in [0.15, 0.2) is 16.2 Å². The van der Waals surface area contributed by atoms with Gasteiger partial charge in [0, 0.05) is 10.4 Å². The maximum atomic E-state index is 11.6. The number of rotatable bonds is 2. The molecule has 8 heteroatoms. The van der Waals surface area contributed by atoms with Crippen LogP contribution in [0, 0.1) is 13.8 Å². The van der Waals surface area contributed by atoms with Crippen LogP contribution in [-0.4, -0.2) is 25.4 Å². The van der Waals surface area contributed by atoms with Crippen LogP contribution in [0.25, 0.3) is 27.3 Å². The highest BCUT2D eigenvalue weighted by Gasteiger charge is 2.22. The normalized spacial score (nSPS) is 11.6. The number of aromatic nitrogens is 3. The Bertz CT molecular complexity index is 1150. The molecule has 3 aromatic heterocycles. The highest BCUT2D eigenvalue weighted by Crippen LogP contribution is 2.34. The number of thiazole rings is 1. The third-order valence-corrected chi connectivity index (χ3v) is 4.68. The molecule has 1 aromatic carbocycles. The molecule has 3 heterocycles. The summed E-state index contributed by atoms with van der Waals surface area (Å²) in [6.45, 7) is 3.59. The Labute approximate surface area is 132 Å². The van der Waals surface area contributed by atoms with Crippen molar-refractivity contribution >= 4 is 33.4 Å². The number of carboxylic acids is 1. The van der Waals surface area contributed by atoms with Gasteiger partial charge >= 0.3 is 11.7 Å². The monoisotopic (exact) mass is 329 g/mol. The van der Waals surface area contributed by atoms with Crippen molar-refractivity contribution in [1.82, 2.24) is 14.4 Å². The first kappa shape index (κ1) is 13.8. The second-order valence-electron chi connectivity index (χ2n) is 5.20. The van der Waals surface area contributed by atoms with E-state index in [1.54, 1.807) is 23.5 Å². The van der Waals surface area contributed by atoms with Gasteiger partial charge in [-0.15, -0.1) is 11.3 Å². The standard InChI is InChI=1S/C15H11N3O4S/c1-6-11(13(19)20)18-12(7(2)23-14(18)16-6)8-3-4-9-10(5-8)22-15(21)17-9/h3-5H,1-2H3,(H,17,21)(H,19,20). The SMILES string of the molecule is Cc1nc2sc(C)c(-c3ccc4[nH]c(=O)oc4c3)n2c1C(=O)O. The molecule has 0 aliphatic heterocycles. The van der Waals surface area contributed by atoms with Gasteiger partial charge in [-0.2, -0.15) is 0 Å². The molecule has 116 valence electrons. The molecule has 0 bridgehead atoms. The number of benzene rings is 1. The fraction of sp³-hybridized carbons (Fsp3) is 0.133. The van der Waals surface area contributed by atoms with Crippen LogP contribution in [0.2, 0.25) is 0 Å². The lowest BCUT2D eigenvalue weighted by atomic mass is 10.1. The lowest BCUT2D eigenvalue weighted by Crippen LogP contribution is -2.04. The third kappa shape index (κ3) is 1.92. The molecule has 0 spiro atoms. The van der Waals surface area contributed by atoms with E-state index in [1.807, 2.05) is 13.0 Å². The maximum absolute atomic E-state index is 11.6. The van der Waals surface area contributed by atoms with Gasteiger partial charge in [0.2, 0.25) is 0 Å². The molecule has 0 aliphatic rings. The van der Waals surface area contributed by atoms with Crippen LogP contribution in [-0.2, 0) is 0 Å². The Morgan fingerprint density at radius 2 is 2.17 bits per heavy atom. The van der Waals surface area contributed by atoms with Crippen molar-refractivity contribution in [3.8, 4) is 11.3 Å². The largest absolute Gasteiger partial charge is 0.477 e. The van der Waals surface area contributed by atoms with Crippen LogP contribution in [0.15, 0.2) is 27.4 Å². The van der Waals surface area contributed by atoms with Gasteiger partial charge in [0.05, 0.1) is 16.9 Å². The molecular formula is C15H11N3O4S. The number of H-pyrrole nitrogens is 1. The predicted octanol–water partition coefficient (Wildman–Crippen LogP) is 2.81. The smallest absolute Gasteiger partial charge is 0.417 e. The minimum atomic E-state index is -1.02. The predicted molar refractivity (Wildman–Crippen MR) is 85.3 cm³/mol. The van der Waals surface area contributed by atoms with Gasteiger partial charge < -0.3 is 9.52 Å². The molecule has 4 aromatic rings. The first-order valence-electron chi connectivity index (χ1n) is 6.80. The fourth-order valence-electron chi connectivity index (χ4n) is 2.80. The highest BCUT2D eigenvalue weighted by atomic mass is 32.1. The molecule has 0 saturated carbocycles. The van der Waals surface area contributed by atoms with Crippen LogP contribution in [0.1, 0.15) is 21.1 Å². The van der Waals surface area contributed by atoms with Crippen molar-refractivity contribution in [3.63, 3.8) is 0 Å². The molecule has 0 aliphatic carbocycles. The summed E-state index contributed by atoms with van der Waals surface area (Å²) >= 11 is 1.42. The number of nitrogens with zero attached hydrogens (tertiary/aromatic N) is 2. The van der Waals surface area contributed by atoms with Crippen molar-refractivity contribution in [2.45, 2.75) is 13.8 Å². The Morgan fingerprint density at radius 3 is 2.91 bits per heavy atom. The van der Waals surface area contributed by atoms with E-state index < -0.39 is 11.7 Å². The number of nitrogens with one attached hydrogen (secondary N) is 1. The zero-order valence-corrected chi connectivity index (χ0v) is 13.0. The van der Waals surface area contributed by atoms with Crippen LogP contribution in [0.5, 0.6) is 0 Å². The summed E-state index contributed by atoms with van der Waals surface area (Å²) in [6, 6.07) is 5.29. The molecule has 0 fully saturated rings. The van der Waals surface area contributed by atoms with E-state index in [0.717, 1.165) is 16.1 Å². The number of carbonyl (C=O) groups is 1. The molecule has 0 amide bonds. The fourth-order valence-corrected chi connectivity index (χ4v) is 3.83. The maximum Gasteiger partial charge on any atom is 0.417 e. The summed E-state index contributed by atoms with van der Waals surface area (Å²) in [5.41, 5.74) is 3.16. The molecule has 0 radical (unpaired) electrons. The quantitative estimate of drug-likeness (QED) is 0.589. The third-order valence-electron chi connectivity index (χ3n) is 3.72. The molecule has 7 nitrogen and oxygen atoms in total. The van der Waals surface area contributed by atoms with Crippen LogP contribution >= 0.6 is 11.3 Å². The number of carboxylic acid groups (broad SMARTS) is 1. The average molecular weight is 329 g/mol. The van der Waals surface area contributed by atoms with Crippen LogP contribution in [0.3, 0.4) is 0 Å². The highest BCUT2D eigenvalue weighted by molar-refractivity contribution is 7.17. The second-order valence-corrected chi connectivity index (χ2v) is 6.38. The lowest BCUT2D eigenvalue weighted by molar-refractivity contribution is 0.0688. The number of aromatic carboxylic acids is 1. The molecule has 0 unspecified atom stereocenters. The van der Waals surface area contributed by atoms with Gasteiger partial charge in [-0.05, 0) is 26.0 Å². The average Bonchev–Trinajstić information content (AvgIpc) is 3.06. The van der Waals surface area contributed by atoms with Crippen molar-refractivity contribution in [2.24, 2.45) is 0 Å². The number of aromatic amines is 1. The van der Waals surface area contributed by atoms with E-state index >= 15 is 0 Å². The summed E-state index contributed by atoms with van der Waals surface area (Å²) in [7, 11) is 0. The van der Waals surface area contributed by atoms with E-state index in [4.69, 9.17) is 4.42 Å². The molecule has 23 heavy (non-hydrogen) atoms. The number of aryl methyl sites for hydroxylation is 2. The number of imidazole rings is 1. The van der Waals surface area contributed by atoms with E-state index in [0.29, 0.717) is 21.8 Å². The number of oxazole rings is 1. The molecule has 2 N–H and O–H groups in total. The first-order chi connectivity index (χ1) is 11.0. The van der Waals surface area contributed by atoms with Gasteiger partial charge in [-0.1, -0.05) is 6.07 Å². The Balaban J connectivity index is 2.08. The molecule has 0 saturated heterocycles. The van der Waals surface area contributed by atoms with Gasteiger partial charge in [0.1, 0.15) is 0 Å². The zero-order chi connectivity index (χ0) is 16.3. The van der Waals surface area contributed by atoms with Gasteiger partial charge in [-0.3, -0.25) is 9.38 Å². The number of hydrogen-bond acceptors (Lipinski definition) is 5. The van der Waals surface area contributed by atoms with E-state index in [1.165, 1.54) is 11.3 Å². The Morgan fingerprint density at radius 1 is 1.39 bits per heavy atom. The van der Waals surface area contributed by atoms with Crippen molar-refractivity contribution < 1.29 is 14.3 Å². The lowest BCUT2D eigenvalue weighted by Gasteiger charge is -2.04. The first-order valence-corrected chi connectivity index (χ1v) is 7.62. The summed E-state index contributed by atoms with van der Waals surface area (Å²) in [5, 5.41) is 9.49. The second kappa shape index (κ2) is 4.56. The topological polar surface area (TPSA) is 101 Å². The van der Waals surface area contributed by atoms with Crippen molar-refractivity contribution in [2.75, 3.05) is 0 Å². The minimum absolute atomic E-state index is 0.148. The van der Waals surface area contributed by atoms with Crippen LogP contribution < -0.4 is 5.76 Å². The molecule has 4 rings (SSSR count). The zero-order valence-electron chi connectivity index (χ0n) is 12.2. The Hall–Kier alpha value is -2.87. The van der Waals surface area contributed by atoms with E-state index in [2.05, 4.69) is 9.97 Å². The van der Waals surface area contributed by atoms with E-state index in [9.17, 15) is 14.7 Å². The molecular weight excluding hydrogens is 318 g/mol. The van der Waals surface area contributed by atoms with Gasteiger partial charge in [0.25, 0.3) is 0 Å². The minimum Gasteiger partial charge on any atom is -0.477 e. The summed E-state index contributed by atoms with van der Waals surface area (Å²) in [6.07, 6.45) is 0. The Kier molecular flexibility index (Phi) is 2.73. The van der Waals surface area contributed by atoms with Gasteiger partial charge in [-0.25, -0.2) is 14.6 Å². The number of fused-ring (bicyclic) bond motifs is 2. The number of hydrogen-bond donors (Lipinski definition) is 2. The molecule has 0 atom stereocenters. The van der Waals surface area contributed by atoms with Crippen molar-refractivity contribution in [3.05, 3.63) is 45.0 Å².